The van der Waals surface area contributed by atoms with Crippen molar-refractivity contribution in [2.24, 2.45) is 0 Å². The van der Waals surface area contributed by atoms with Crippen LogP contribution < -0.4 is 15.4 Å². The van der Waals surface area contributed by atoms with E-state index in [0.717, 1.165) is 16.6 Å². The highest BCUT2D eigenvalue weighted by molar-refractivity contribution is 9.10. The second-order valence-electron chi connectivity index (χ2n) is 4.75. The van der Waals surface area contributed by atoms with Gasteiger partial charge >= 0.3 is 6.03 Å². The molecule has 8 heteroatoms. The molecule has 0 aliphatic carbocycles. The molecule has 0 heterocycles. The highest BCUT2D eigenvalue weighted by Gasteiger charge is 2.11. The van der Waals surface area contributed by atoms with Crippen molar-refractivity contribution < 1.29 is 18.3 Å². The molecule has 0 aliphatic heterocycles. The van der Waals surface area contributed by atoms with E-state index >= 15 is 0 Å². The maximum absolute atomic E-state index is 13.4. The van der Waals surface area contributed by atoms with Gasteiger partial charge in [0.2, 0.25) is 0 Å². The number of amides is 2. The summed E-state index contributed by atoms with van der Waals surface area (Å²) >= 11 is 9.30. The molecule has 2 N–H and O–H groups in total. The normalized spacial score (nSPS) is 10.3. The van der Waals surface area contributed by atoms with Gasteiger partial charge in [0.15, 0.2) is 0 Å². The summed E-state index contributed by atoms with van der Waals surface area (Å²) in [7, 11) is 0. The zero-order valence-corrected chi connectivity index (χ0v) is 14.8. The van der Waals surface area contributed by atoms with Gasteiger partial charge in [0.05, 0.1) is 11.6 Å². The fourth-order valence-corrected chi connectivity index (χ4v) is 2.55. The summed E-state index contributed by atoms with van der Waals surface area (Å²) in [6.07, 6.45) is 0.500. The molecule has 128 valence electrons. The smallest absolute Gasteiger partial charge is 0.319 e. The molecule has 24 heavy (non-hydrogen) atoms. The fraction of sp³-hybridized carbons (Fsp3) is 0.188. The van der Waals surface area contributed by atoms with Crippen molar-refractivity contribution in [3.05, 3.63) is 57.5 Å². The monoisotopic (exact) mass is 418 g/mol. The van der Waals surface area contributed by atoms with E-state index in [1.54, 1.807) is 18.2 Å². The van der Waals surface area contributed by atoms with Gasteiger partial charge in [-0.05, 0) is 36.8 Å². The second-order valence-corrected chi connectivity index (χ2v) is 6.08. The zero-order chi connectivity index (χ0) is 17.5. The Morgan fingerprint density at radius 1 is 1.21 bits per heavy atom. The summed E-state index contributed by atoms with van der Waals surface area (Å²) in [6.45, 7) is 0.603. The van der Waals surface area contributed by atoms with Crippen LogP contribution in [0.3, 0.4) is 0 Å². The lowest BCUT2D eigenvalue weighted by Crippen LogP contribution is -2.31. The number of ether oxygens (including phenoxy) is 1. The SMILES string of the molecule is O=C(NCCCOc1ccc(Br)cc1Cl)Nc1c(F)cccc1F. The van der Waals surface area contributed by atoms with Crippen LogP contribution in [0.4, 0.5) is 19.3 Å². The lowest BCUT2D eigenvalue weighted by atomic mass is 10.3. The van der Waals surface area contributed by atoms with Crippen LogP contribution in [-0.2, 0) is 0 Å². The lowest BCUT2D eigenvalue weighted by molar-refractivity contribution is 0.250. The number of anilines is 1. The first-order chi connectivity index (χ1) is 11.5. The van der Waals surface area contributed by atoms with E-state index in [2.05, 4.69) is 26.6 Å². The van der Waals surface area contributed by atoms with E-state index in [9.17, 15) is 13.6 Å². The van der Waals surface area contributed by atoms with Gasteiger partial charge in [-0.25, -0.2) is 13.6 Å². The largest absolute Gasteiger partial charge is 0.492 e. The van der Waals surface area contributed by atoms with E-state index in [1.165, 1.54) is 6.07 Å². The summed E-state index contributed by atoms with van der Waals surface area (Å²) in [5.74, 6) is -1.13. The van der Waals surface area contributed by atoms with Crippen molar-refractivity contribution in [3.63, 3.8) is 0 Å². The summed E-state index contributed by atoms with van der Waals surface area (Å²) in [4.78, 5) is 11.6. The van der Waals surface area contributed by atoms with Gasteiger partial charge in [-0.3, -0.25) is 0 Å². The molecule has 0 aliphatic rings. The minimum absolute atomic E-state index is 0.274. The molecular weight excluding hydrogens is 406 g/mol. The molecule has 0 saturated heterocycles. The topological polar surface area (TPSA) is 50.4 Å². The molecule has 0 fully saturated rings. The van der Waals surface area contributed by atoms with Crippen LogP contribution in [-0.4, -0.2) is 19.2 Å². The average molecular weight is 420 g/mol. The van der Waals surface area contributed by atoms with Crippen LogP contribution in [0, 0.1) is 11.6 Å². The number of hydrogen-bond acceptors (Lipinski definition) is 2. The molecule has 4 nitrogen and oxygen atoms in total. The Balaban J connectivity index is 1.71. The first-order valence-electron chi connectivity index (χ1n) is 7.04. The molecule has 0 unspecified atom stereocenters. The number of para-hydroxylation sites is 1. The van der Waals surface area contributed by atoms with Gasteiger partial charge in [0.25, 0.3) is 0 Å². The predicted octanol–water partition coefficient (Wildman–Crippen LogP) is 4.97. The molecule has 2 aromatic carbocycles. The molecule has 0 saturated carbocycles. The van der Waals surface area contributed by atoms with Crippen LogP contribution in [0.2, 0.25) is 5.02 Å². The zero-order valence-electron chi connectivity index (χ0n) is 12.4. The van der Waals surface area contributed by atoms with Gasteiger partial charge in [0, 0.05) is 11.0 Å². The van der Waals surface area contributed by atoms with Crippen LogP contribution in [0.5, 0.6) is 5.75 Å². The Hall–Kier alpha value is -1.86. The summed E-state index contributed by atoms with van der Waals surface area (Å²) < 4.78 is 33.1. The highest BCUT2D eigenvalue weighted by Crippen LogP contribution is 2.27. The van der Waals surface area contributed by atoms with Gasteiger partial charge in [-0.15, -0.1) is 0 Å². The number of rotatable bonds is 6. The number of benzene rings is 2. The fourth-order valence-electron chi connectivity index (χ4n) is 1.82. The summed E-state index contributed by atoms with van der Waals surface area (Å²) in [5, 5.41) is 5.10. The number of halogens is 4. The number of carbonyl (C=O) groups is 1. The molecule has 2 rings (SSSR count). The molecule has 0 bridgehead atoms. The van der Waals surface area contributed by atoms with Gasteiger partial charge < -0.3 is 15.4 Å². The number of carbonyl (C=O) groups excluding carboxylic acids is 1. The number of nitrogens with one attached hydrogen (secondary N) is 2. The maximum atomic E-state index is 13.4. The van der Waals surface area contributed by atoms with Crippen molar-refractivity contribution >= 4 is 39.2 Å². The third-order valence-corrected chi connectivity index (χ3v) is 3.75. The highest BCUT2D eigenvalue weighted by atomic mass is 79.9. The Labute approximate surface area is 151 Å². The minimum atomic E-state index is -0.835. The van der Waals surface area contributed by atoms with Crippen LogP contribution in [0.15, 0.2) is 40.9 Å². The van der Waals surface area contributed by atoms with Gasteiger partial charge in [0.1, 0.15) is 23.1 Å². The molecule has 0 radical (unpaired) electrons. The predicted molar refractivity (Wildman–Crippen MR) is 92.6 cm³/mol. The third kappa shape index (κ3) is 5.35. The van der Waals surface area contributed by atoms with E-state index in [0.29, 0.717) is 23.8 Å². The Morgan fingerprint density at radius 3 is 2.58 bits per heavy atom. The second kappa shape index (κ2) is 8.84. The van der Waals surface area contributed by atoms with Crippen molar-refractivity contribution in [3.8, 4) is 5.75 Å². The number of urea groups is 1. The standard InChI is InChI=1S/C16H14BrClF2N2O2/c17-10-5-6-14(11(18)9-10)24-8-2-7-21-16(23)22-15-12(19)3-1-4-13(15)20/h1,3-6,9H,2,7-8H2,(H2,21,22,23). The number of hydrogen-bond donors (Lipinski definition) is 2. The molecule has 0 spiro atoms. The molecule has 0 aromatic heterocycles. The average Bonchev–Trinajstić information content (AvgIpc) is 2.52. The van der Waals surface area contributed by atoms with Gasteiger partial charge in [-0.1, -0.05) is 33.6 Å². The van der Waals surface area contributed by atoms with Crippen molar-refractivity contribution in [2.75, 3.05) is 18.5 Å². The Morgan fingerprint density at radius 2 is 1.92 bits per heavy atom. The van der Waals surface area contributed by atoms with E-state index in [-0.39, 0.29) is 6.54 Å². The maximum Gasteiger partial charge on any atom is 0.319 e. The van der Waals surface area contributed by atoms with Crippen LogP contribution in [0.25, 0.3) is 0 Å². The van der Waals surface area contributed by atoms with E-state index in [1.807, 2.05) is 0 Å². The van der Waals surface area contributed by atoms with Crippen LogP contribution in [0.1, 0.15) is 6.42 Å². The molecule has 2 amide bonds. The Kier molecular flexibility index (Phi) is 6.81. The first-order valence-corrected chi connectivity index (χ1v) is 8.21. The van der Waals surface area contributed by atoms with Crippen molar-refractivity contribution in [1.29, 1.82) is 0 Å². The Bertz CT molecular complexity index is 711. The minimum Gasteiger partial charge on any atom is -0.492 e. The first kappa shape index (κ1) is 18.5. The molecular formula is C16H14BrClF2N2O2. The molecule has 2 aromatic rings. The third-order valence-electron chi connectivity index (χ3n) is 2.96. The summed E-state index contributed by atoms with van der Waals surface area (Å²) in [6, 6.07) is 7.90. The van der Waals surface area contributed by atoms with Crippen LogP contribution >= 0.6 is 27.5 Å². The molecule has 0 atom stereocenters. The lowest BCUT2D eigenvalue weighted by Gasteiger charge is -2.10. The van der Waals surface area contributed by atoms with E-state index in [4.69, 9.17) is 16.3 Å². The van der Waals surface area contributed by atoms with Gasteiger partial charge in [-0.2, -0.15) is 0 Å². The van der Waals surface area contributed by atoms with E-state index < -0.39 is 23.4 Å². The van der Waals surface area contributed by atoms with Crippen molar-refractivity contribution in [2.45, 2.75) is 6.42 Å². The summed E-state index contributed by atoms with van der Waals surface area (Å²) in [5.41, 5.74) is -0.479. The quantitative estimate of drug-likeness (QED) is 0.650. The van der Waals surface area contributed by atoms with Crippen molar-refractivity contribution in [1.82, 2.24) is 5.32 Å².